The molecule has 0 aliphatic rings. The van der Waals surface area contributed by atoms with Crippen molar-refractivity contribution in [3.8, 4) is 0 Å². The van der Waals surface area contributed by atoms with Gasteiger partial charge in [0.25, 0.3) is 0 Å². The first-order valence-corrected chi connectivity index (χ1v) is 6.91. The lowest BCUT2D eigenvalue weighted by Crippen LogP contribution is -2.30. The van der Waals surface area contributed by atoms with E-state index in [2.05, 4.69) is 24.1 Å². The molecule has 0 aliphatic heterocycles. The number of thiazole rings is 1. The fourth-order valence-corrected chi connectivity index (χ4v) is 2.26. The molecule has 1 aromatic heterocycles. The summed E-state index contributed by atoms with van der Waals surface area (Å²) in [5, 5.41) is 5.96. The molecule has 17 heavy (non-hydrogen) atoms. The van der Waals surface area contributed by atoms with Crippen LogP contribution in [-0.4, -0.2) is 24.0 Å². The smallest absolute Gasteiger partial charge is 0.220 e. The van der Waals surface area contributed by atoms with Crippen LogP contribution < -0.4 is 11.1 Å². The first kappa shape index (κ1) is 14.1. The number of nitrogens with zero attached hydrogens (tertiary/aromatic N) is 1. The summed E-state index contributed by atoms with van der Waals surface area (Å²) in [6, 6.07) is 0. The van der Waals surface area contributed by atoms with E-state index in [1.54, 1.807) is 17.5 Å². The van der Waals surface area contributed by atoms with Gasteiger partial charge in [-0.3, -0.25) is 4.79 Å². The van der Waals surface area contributed by atoms with Gasteiger partial charge in [-0.05, 0) is 12.5 Å². The molecule has 0 aliphatic carbocycles. The van der Waals surface area contributed by atoms with E-state index in [9.17, 15) is 4.79 Å². The van der Waals surface area contributed by atoms with Crippen LogP contribution in [0.3, 0.4) is 0 Å². The van der Waals surface area contributed by atoms with Crippen molar-refractivity contribution in [1.82, 2.24) is 10.3 Å². The lowest BCUT2D eigenvalue weighted by atomic mass is 10.0. The largest absolute Gasteiger partial charge is 0.355 e. The molecule has 1 heterocycles. The molecule has 3 N–H and O–H groups in total. The highest BCUT2D eigenvalue weighted by atomic mass is 32.1. The Bertz CT molecular complexity index is 323. The number of carbonyl (C=O) groups excluding carboxylic acids is 1. The van der Waals surface area contributed by atoms with Crippen molar-refractivity contribution < 1.29 is 4.79 Å². The van der Waals surface area contributed by atoms with Gasteiger partial charge < -0.3 is 11.1 Å². The topological polar surface area (TPSA) is 68.0 Å². The number of rotatable bonds is 7. The van der Waals surface area contributed by atoms with E-state index in [4.69, 9.17) is 5.73 Å². The maximum atomic E-state index is 11.7. The van der Waals surface area contributed by atoms with Gasteiger partial charge in [0.05, 0.1) is 5.01 Å². The number of hydrogen-bond donors (Lipinski definition) is 2. The van der Waals surface area contributed by atoms with E-state index < -0.39 is 0 Å². The first-order chi connectivity index (χ1) is 8.17. The SMILES string of the molecule is CCC(CN)CC(=O)NCC(C)c1nccs1. The van der Waals surface area contributed by atoms with Crippen LogP contribution in [0.5, 0.6) is 0 Å². The van der Waals surface area contributed by atoms with Crippen molar-refractivity contribution >= 4 is 17.2 Å². The molecule has 1 aromatic rings. The number of aromatic nitrogens is 1. The van der Waals surface area contributed by atoms with Crippen molar-refractivity contribution in [2.24, 2.45) is 11.7 Å². The molecule has 0 saturated heterocycles. The number of amides is 1. The van der Waals surface area contributed by atoms with Crippen LogP contribution in [0.4, 0.5) is 0 Å². The second-order valence-corrected chi connectivity index (χ2v) is 5.22. The predicted octanol–water partition coefficient (Wildman–Crippen LogP) is 1.74. The predicted molar refractivity (Wildman–Crippen MR) is 71.0 cm³/mol. The van der Waals surface area contributed by atoms with Crippen molar-refractivity contribution in [2.75, 3.05) is 13.1 Å². The van der Waals surface area contributed by atoms with Crippen molar-refractivity contribution in [3.05, 3.63) is 16.6 Å². The van der Waals surface area contributed by atoms with Gasteiger partial charge >= 0.3 is 0 Å². The van der Waals surface area contributed by atoms with Crippen LogP contribution in [0, 0.1) is 5.92 Å². The van der Waals surface area contributed by atoms with Gasteiger partial charge in [-0.15, -0.1) is 11.3 Å². The molecule has 0 bridgehead atoms. The van der Waals surface area contributed by atoms with E-state index in [1.807, 2.05) is 5.38 Å². The first-order valence-electron chi connectivity index (χ1n) is 6.03. The summed E-state index contributed by atoms with van der Waals surface area (Å²) in [5.41, 5.74) is 5.58. The summed E-state index contributed by atoms with van der Waals surface area (Å²) in [6.07, 6.45) is 3.27. The third-order valence-corrected chi connectivity index (χ3v) is 3.87. The zero-order valence-corrected chi connectivity index (χ0v) is 11.3. The van der Waals surface area contributed by atoms with Gasteiger partial charge in [0.15, 0.2) is 0 Å². The Morgan fingerprint density at radius 3 is 2.94 bits per heavy atom. The summed E-state index contributed by atoms with van der Waals surface area (Å²) in [7, 11) is 0. The van der Waals surface area contributed by atoms with Crippen molar-refractivity contribution in [1.29, 1.82) is 0 Å². The second-order valence-electron chi connectivity index (χ2n) is 4.29. The minimum Gasteiger partial charge on any atom is -0.355 e. The van der Waals surface area contributed by atoms with Crippen molar-refractivity contribution in [2.45, 2.75) is 32.6 Å². The van der Waals surface area contributed by atoms with E-state index in [0.29, 0.717) is 25.4 Å². The minimum absolute atomic E-state index is 0.0886. The normalized spacial score (nSPS) is 14.3. The molecule has 0 saturated carbocycles. The van der Waals surface area contributed by atoms with E-state index >= 15 is 0 Å². The molecule has 0 aromatic carbocycles. The highest BCUT2D eigenvalue weighted by Crippen LogP contribution is 2.16. The maximum Gasteiger partial charge on any atom is 0.220 e. The Kier molecular flexibility index (Phi) is 6.15. The lowest BCUT2D eigenvalue weighted by molar-refractivity contribution is -0.122. The molecule has 96 valence electrons. The molecule has 1 amide bonds. The monoisotopic (exact) mass is 255 g/mol. The highest BCUT2D eigenvalue weighted by Gasteiger charge is 2.13. The van der Waals surface area contributed by atoms with Gasteiger partial charge in [-0.25, -0.2) is 4.98 Å². The van der Waals surface area contributed by atoms with Crippen LogP contribution in [0.1, 0.15) is 37.6 Å². The molecule has 4 nitrogen and oxygen atoms in total. The van der Waals surface area contributed by atoms with Gasteiger partial charge in [0.1, 0.15) is 0 Å². The van der Waals surface area contributed by atoms with E-state index in [-0.39, 0.29) is 11.8 Å². The van der Waals surface area contributed by atoms with Crippen LogP contribution in [0.15, 0.2) is 11.6 Å². The highest BCUT2D eigenvalue weighted by molar-refractivity contribution is 7.09. The molecule has 0 spiro atoms. The zero-order valence-electron chi connectivity index (χ0n) is 10.5. The summed E-state index contributed by atoms with van der Waals surface area (Å²) >= 11 is 1.62. The molecular weight excluding hydrogens is 234 g/mol. The van der Waals surface area contributed by atoms with Crippen LogP contribution >= 0.6 is 11.3 Å². The Balaban J connectivity index is 2.28. The molecule has 0 radical (unpaired) electrons. The Hall–Kier alpha value is -0.940. The van der Waals surface area contributed by atoms with Gasteiger partial charge in [0, 0.05) is 30.5 Å². The van der Waals surface area contributed by atoms with Crippen molar-refractivity contribution in [3.63, 3.8) is 0 Å². The maximum absolute atomic E-state index is 11.7. The zero-order chi connectivity index (χ0) is 12.7. The number of nitrogens with two attached hydrogens (primary N) is 1. The van der Waals surface area contributed by atoms with Gasteiger partial charge in [-0.2, -0.15) is 0 Å². The molecule has 2 unspecified atom stereocenters. The van der Waals surface area contributed by atoms with Gasteiger partial charge in [-0.1, -0.05) is 20.3 Å². The summed E-state index contributed by atoms with van der Waals surface area (Å²) in [4.78, 5) is 15.9. The molecule has 1 rings (SSSR count). The standard InChI is InChI=1S/C12H21N3OS/c1-3-10(7-13)6-11(16)15-8-9(2)12-14-4-5-17-12/h4-5,9-10H,3,6-8,13H2,1-2H3,(H,15,16). The molecule has 5 heteroatoms. The molecule has 2 atom stereocenters. The minimum atomic E-state index is 0.0886. The third-order valence-electron chi connectivity index (χ3n) is 2.86. The summed E-state index contributed by atoms with van der Waals surface area (Å²) in [6.45, 7) is 5.35. The Morgan fingerprint density at radius 1 is 1.65 bits per heavy atom. The van der Waals surface area contributed by atoms with E-state index in [1.165, 1.54) is 0 Å². The third kappa shape index (κ3) is 4.83. The fraction of sp³-hybridized carbons (Fsp3) is 0.667. The number of nitrogens with one attached hydrogen (secondary N) is 1. The Morgan fingerprint density at radius 2 is 2.41 bits per heavy atom. The van der Waals surface area contributed by atoms with E-state index in [0.717, 1.165) is 11.4 Å². The average molecular weight is 255 g/mol. The molecule has 0 fully saturated rings. The lowest BCUT2D eigenvalue weighted by Gasteiger charge is -2.14. The summed E-state index contributed by atoms with van der Waals surface area (Å²) in [5.74, 6) is 0.660. The molecular formula is C12H21N3OS. The average Bonchev–Trinajstić information content (AvgIpc) is 2.86. The fourth-order valence-electron chi connectivity index (χ4n) is 1.56. The number of hydrogen-bond acceptors (Lipinski definition) is 4. The Labute approximate surface area is 107 Å². The van der Waals surface area contributed by atoms with Crippen LogP contribution in [-0.2, 0) is 4.79 Å². The summed E-state index contributed by atoms with van der Waals surface area (Å²) < 4.78 is 0. The van der Waals surface area contributed by atoms with Crippen LogP contribution in [0.25, 0.3) is 0 Å². The van der Waals surface area contributed by atoms with Crippen LogP contribution in [0.2, 0.25) is 0 Å². The quantitative estimate of drug-likeness (QED) is 0.780. The number of carbonyl (C=O) groups is 1. The van der Waals surface area contributed by atoms with Gasteiger partial charge in [0.2, 0.25) is 5.91 Å². The second kappa shape index (κ2) is 7.40.